The number of thiophene rings is 1. The van der Waals surface area contributed by atoms with Gasteiger partial charge in [-0.25, -0.2) is 9.97 Å². The van der Waals surface area contributed by atoms with Crippen molar-refractivity contribution in [3.05, 3.63) is 17.3 Å². The first kappa shape index (κ1) is 12.7. The Labute approximate surface area is 110 Å². The first-order valence-corrected chi connectivity index (χ1v) is 6.71. The zero-order chi connectivity index (χ0) is 13.0. The van der Waals surface area contributed by atoms with Gasteiger partial charge in [-0.3, -0.25) is 4.90 Å². The zero-order valence-corrected chi connectivity index (χ0v) is 11.1. The Balaban J connectivity index is 2.17. The van der Waals surface area contributed by atoms with Gasteiger partial charge in [0.05, 0.1) is 18.0 Å². The molecule has 0 atom stereocenters. The summed E-state index contributed by atoms with van der Waals surface area (Å²) >= 11 is 1.57. The molecule has 2 aromatic rings. The lowest BCUT2D eigenvalue weighted by atomic mass is 10.3. The number of aromatic nitrogens is 2. The van der Waals surface area contributed by atoms with E-state index in [9.17, 15) is 0 Å². The fourth-order valence-electron chi connectivity index (χ4n) is 1.75. The average molecular weight is 261 g/mol. The fourth-order valence-corrected chi connectivity index (χ4v) is 2.54. The molecule has 2 rings (SSSR count). The Morgan fingerprint density at radius 3 is 3.06 bits per heavy atom. The van der Waals surface area contributed by atoms with Gasteiger partial charge in [0.2, 0.25) is 0 Å². The second-order valence-corrected chi connectivity index (χ2v) is 4.84. The van der Waals surface area contributed by atoms with Crippen molar-refractivity contribution in [1.29, 1.82) is 5.26 Å². The van der Waals surface area contributed by atoms with Crippen molar-refractivity contribution in [2.24, 2.45) is 0 Å². The number of hydrogen-bond donors (Lipinski definition) is 1. The standard InChI is InChI=1S/C12H15N5S/c1-2-17(6-3-5-13)8-10-15-11(14)9-4-7-18-12(9)16-10/h4,7H,2-3,6,8H2,1H3,(H2,14,15,16). The average Bonchev–Trinajstić information content (AvgIpc) is 2.83. The summed E-state index contributed by atoms with van der Waals surface area (Å²) in [5.41, 5.74) is 5.90. The van der Waals surface area contributed by atoms with Crippen LogP contribution in [0.2, 0.25) is 0 Å². The molecule has 0 bridgehead atoms. The molecule has 0 aromatic carbocycles. The molecule has 2 aromatic heterocycles. The molecule has 6 heteroatoms. The number of nitrogens with zero attached hydrogens (tertiary/aromatic N) is 4. The summed E-state index contributed by atoms with van der Waals surface area (Å²) < 4.78 is 0. The van der Waals surface area contributed by atoms with E-state index in [0.29, 0.717) is 18.8 Å². The van der Waals surface area contributed by atoms with Crippen LogP contribution in [-0.2, 0) is 6.54 Å². The minimum absolute atomic E-state index is 0.518. The van der Waals surface area contributed by atoms with Crippen molar-refractivity contribution >= 4 is 27.4 Å². The maximum Gasteiger partial charge on any atom is 0.146 e. The van der Waals surface area contributed by atoms with E-state index < -0.39 is 0 Å². The van der Waals surface area contributed by atoms with Crippen LogP contribution in [0.3, 0.4) is 0 Å². The molecule has 0 aliphatic carbocycles. The molecule has 0 saturated heterocycles. The largest absolute Gasteiger partial charge is 0.383 e. The second-order valence-electron chi connectivity index (χ2n) is 3.94. The first-order chi connectivity index (χ1) is 8.74. The van der Waals surface area contributed by atoms with E-state index in [-0.39, 0.29) is 0 Å². The van der Waals surface area contributed by atoms with Gasteiger partial charge in [-0.1, -0.05) is 6.92 Å². The summed E-state index contributed by atoms with van der Waals surface area (Å²) in [6.07, 6.45) is 0.518. The third kappa shape index (κ3) is 2.75. The summed E-state index contributed by atoms with van der Waals surface area (Å²) in [7, 11) is 0. The highest BCUT2D eigenvalue weighted by Crippen LogP contribution is 2.23. The molecule has 0 amide bonds. The van der Waals surface area contributed by atoms with Crippen LogP contribution in [0.4, 0.5) is 5.82 Å². The maximum atomic E-state index is 8.61. The molecule has 0 aliphatic rings. The van der Waals surface area contributed by atoms with Gasteiger partial charge in [0.1, 0.15) is 16.5 Å². The SMILES string of the molecule is CCN(CCC#N)Cc1nc(N)c2ccsc2n1. The summed E-state index contributed by atoms with van der Waals surface area (Å²) in [5, 5.41) is 11.5. The van der Waals surface area contributed by atoms with Crippen LogP contribution < -0.4 is 5.73 Å². The van der Waals surface area contributed by atoms with Gasteiger partial charge in [-0.2, -0.15) is 5.26 Å². The molecular formula is C12H15N5S. The number of anilines is 1. The van der Waals surface area contributed by atoms with Crippen LogP contribution >= 0.6 is 11.3 Å². The van der Waals surface area contributed by atoms with Crippen molar-refractivity contribution in [3.8, 4) is 6.07 Å². The van der Waals surface area contributed by atoms with Crippen LogP contribution in [0.5, 0.6) is 0 Å². The van der Waals surface area contributed by atoms with Crippen molar-refractivity contribution in [2.75, 3.05) is 18.8 Å². The van der Waals surface area contributed by atoms with Crippen LogP contribution in [0.1, 0.15) is 19.2 Å². The molecule has 0 fully saturated rings. The summed E-state index contributed by atoms with van der Waals surface area (Å²) in [6.45, 7) is 4.30. The van der Waals surface area contributed by atoms with Gasteiger partial charge in [-0.05, 0) is 18.0 Å². The van der Waals surface area contributed by atoms with Gasteiger partial charge in [0, 0.05) is 13.0 Å². The highest BCUT2D eigenvalue weighted by atomic mass is 32.1. The number of hydrogen-bond acceptors (Lipinski definition) is 6. The Hall–Kier alpha value is -1.71. The van der Waals surface area contributed by atoms with Gasteiger partial charge in [0.25, 0.3) is 0 Å². The molecule has 94 valence electrons. The van der Waals surface area contributed by atoms with E-state index >= 15 is 0 Å². The van der Waals surface area contributed by atoms with Gasteiger partial charge < -0.3 is 5.73 Å². The predicted molar refractivity (Wildman–Crippen MR) is 73.0 cm³/mol. The number of fused-ring (bicyclic) bond motifs is 1. The third-order valence-corrected chi connectivity index (χ3v) is 3.56. The number of nitrogen functional groups attached to an aromatic ring is 1. The molecule has 18 heavy (non-hydrogen) atoms. The van der Waals surface area contributed by atoms with E-state index in [2.05, 4.69) is 27.9 Å². The van der Waals surface area contributed by atoms with Crippen molar-refractivity contribution in [1.82, 2.24) is 14.9 Å². The second kappa shape index (κ2) is 5.76. The number of nitrogens with two attached hydrogens (primary N) is 1. The summed E-state index contributed by atoms with van der Waals surface area (Å²) in [6, 6.07) is 4.09. The Bertz CT molecular complexity index is 571. The predicted octanol–water partition coefficient (Wildman–Crippen LogP) is 2.01. The van der Waals surface area contributed by atoms with Crippen LogP contribution in [0.15, 0.2) is 11.4 Å². The molecular weight excluding hydrogens is 246 g/mol. The van der Waals surface area contributed by atoms with E-state index in [1.54, 1.807) is 11.3 Å². The van der Waals surface area contributed by atoms with Crippen molar-refractivity contribution in [3.63, 3.8) is 0 Å². The summed E-state index contributed by atoms with van der Waals surface area (Å²) in [4.78, 5) is 11.9. The van der Waals surface area contributed by atoms with Gasteiger partial charge >= 0.3 is 0 Å². The normalized spacial score (nSPS) is 10.9. The lowest BCUT2D eigenvalue weighted by molar-refractivity contribution is 0.280. The smallest absolute Gasteiger partial charge is 0.146 e. The van der Waals surface area contributed by atoms with E-state index in [1.807, 2.05) is 11.4 Å². The molecule has 5 nitrogen and oxygen atoms in total. The Morgan fingerprint density at radius 1 is 1.50 bits per heavy atom. The Morgan fingerprint density at radius 2 is 2.33 bits per heavy atom. The molecule has 0 aliphatic heterocycles. The quantitative estimate of drug-likeness (QED) is 0.890. The first-order valence-electron chi connectivity index (χ1n) is 5.83. The van der Waals surface area contributed by atoms with E-state index in [0.717, 1.165) is 29.1 Å². The zero-order valence-electron chi connectivity index (χ0n) is 10.3. The fraction of sp³-hybridized carbons (Fsp3) is 0.417. The highest BCUT2D eigenvalue weighted by molar-refractivity contribution is 7.16. The monoisotopic (exact) mass is 261 g/mol. The van der Waals surface area contributed by atoms with Crippen molar-refractivity contribution in [2.45, 2.75) is 19.9 Å². The van der Waals surface area contributed by atoms with Crippen LogP contribution in [0.25, 0.3) is 10.2 Å². The molecule has 2 N–H and O–H groups in total. The van der Waals surface area contributed by atoms with Gasteiger partial charge in [0.15, 0.2) is 0 Å². The molecule has 0 radical (unpaired) electrons. The van der Waals surface area contributed by atoms with Crippen molar-refractivity contribution < 1.29 is 0 Å². The molecule has 0 saturated carbocycles. The molecule has 0 spiro atoms. The molecule has 2 heterocycles. The van der Waals surface area contributed by atoms with E-state index in [1.165, 1.54) is 0 Å². The minimum atomic E-state index is 0.518. The number of nitriles is 1. The maximum absolute atomic E-state index is 8.61. The highest BCUT2D eigenvalue weighted by Gasteiger charge is 2.09. The van der Waals surface area contributed by atoms with Crippen LogP contribution in [-0.4, -0.2) is 28.0 Å². The topological polar surface area (TPSA) is 78.8 Å². The molecule has 0 unspecified atom stereocenters. The lowest BCUT2D eigenvalue weighted by Gasteiger charge is -2.17. The summed E-state index contributed by atoms with van der Waals surface area (Å²) in [5.74, 6) is 1.26. The third-order valence-electron chi connectivity index (χ3n) is 2.75. The van der Waals surface area contributed by atoms with E-state index in [4.69, 9.17) is 11.0 Å². The Kier molecular flexibility index (Phi) is 4.07. The number of rotatable bonds is 5. The lowest BCUT2D eigenvalue weighted by Crippen LogP contribution is -2.25. The van der Waals surface area contributed by atoms with Crippen LogP contribution in [0, 0.1) is 11.3 Å². The van der Waals surface area contributed by atoms with Gasteiger partial charge in [-0.15, -0.1) is 11.3 Å². The minimum Gasteiger partial charge on any atom is -0.383 e.